The molecule has 0 saturated carbocycles. The number of fused-ring (bicyclic) bond motifs is 1. The molecule has 0 heterocycles. The molecule has 0 radical (unpaired) electrons. The normalized spacial score (nSPS) is 11.5. The van der Waals surface area contributed by atoms with E-state index in [0.717, 1.165) is 27.6 Å². The van der Waals surface area contributed by atoms with Crippen LogP contribution in [0, 0.1) is 6.92 Å². The van der Waals surface area contributed by atoms with E-state index < -0.39 is 0 Å². The second-order valence-electron chi connectivity index (χ2n) is 5.51. The van der Waals surface area contributed by atoms with Gasteiger partial charge in [-0.3, -0.25) is 4.79 Å². The van der Waals surface area contributed by atoms with E-state index in [1.807, 2.05) is 30.3 Å². The Labute approximate surface area is 136 Å². The smallest absolute Gasteiger partial charge is 0.244 e. The number of aryl methyl sites for hydroxylation is 1. The number of hydrogen-bond acceptors (Lipinski definition) is 1. The summed E-state index contributed by atoms with van der Waals surface area (Å²) in [4.78, 5) is 12.0. The van der Waals surface area contributed by atoms with Gasteiger partial charge in [0, 0.05) is 13.1 Å². The zero-order valence-corrected chi connectivity index (χ0v) is 13.3. The minimum absolute atomic E-state index is 0.101. The van der Waals surface area contributed by atoms with Crippen molar-refractivity contribution in [3.63, 3.8) is 0 Å². The molecule has 0 bridgehead atoms. The Morgan fingerprint density at radius 3 is 2.30 bits per heavy atom. The molecule has 3 aromatic rings. The number of carbonyl (C=O) groups excluding carboxylic acids is 1. The second kappa shape index (κ2) is 6.49. The van der Waals surface area contributed by atoms with Crippen molar-refractivity contribution in [1.82, 2.24) is 5.32 Å². The number of hydrogen-bond donors (Lipinski definition) is 1. The van der Waals surface area contributed by atoms with Crippen LogP contribution in [0.3, 0.4) is 0 Å². The van der Waals surface area contributed by atoms with E-state index in [0.29, 0.717) is 0 Å². The Bertz CT molecular complexity index is 888. The highest BCUT2D eigenvalue weighted by atomic mass is 16.1. The van der Waals surface area contributed by atoms with Crippen LogP contribution in [0.5, 0.6) is 0 Å². The van der Waals surface area contributed by atoms with Gasteiger partial charge in [0.05, 0.1) is 0 Å². The fourth-order valence-corrected chi connectivity index (χ4v) is 2.84. The van der Waals surface area contributed by atoms with Crippen molar-refractivity contribution in [3.8, 4) is 0 Å². The van der Waals surface area contributed by atoms with Gasteiger partial charge >= 0.3 is 0 Å². The lowest BCUT2D eigenvalue weighted by molar-refractivity contribution is -0.116. The van der Waals surface area contributed by atoms with Crippen LogP contribution in [0.1, 0.15) is 16.7 Å². The summed E-state index contributed by atoms with van der Waals surface area (Å²) in [6.07, 6.45) is 1.68. The van der Waals surface area contributed by atoms with E-state index in [1.54, 1.807) is 13.1 Å². The van der Waals surface area contributed by atoms with Crippen molar-refractivity contribution in [2.75, 3.05) is 7.05 Å². The molecule has 1 amide bonds. The van der Waals surface area contributed by atoms with Crippen molar-refractivity contribution in [2.45, 2.75) is 6.92 Å². The highest BCUT2D eigenvalue weighted by molar-refractivity contribution is 6.05. The van der Waals surface area contributed by atoms with E-state index >= 15 is 0 Å². The monoisotopic (exact) mass is 301 g/mol. The third kappa shape index (κ3) is 3.02. The first-order valence-electron chi connectivity index (χ1n) is 7.68. The van der Waals surface area contributed by atoms with E-state index in [-0.39, 0.29) is 5.91 Å². The molecular formula is C21H19NO. The van der Waals surface area contributed by atoms with Gasteiger partial charge in [0.1, 0.15) is 0 Å². The fraction of sp³-hybridized carbons (Fsp3) is 0.0952. The highest BCUT2D eigenvalue weighted by Crippen LogP contribution is 2.31. The van der Waals surface area contributed by atoms with Gasteiger partial charge in [-0.05, 0) is 40.0 Å². The molecule has 0 atom stereocenters. The Hall–Kier alpha value is -2.87. The number of amides is 1. The molecule has 114 valence electrons. The molecule has 2 nitrogen and oxygen atoms in total. The van der Waals surface area contributed by atoms with Crippen LogP contribution in [-0.4, -0.2) is 13.0 Å². The van der Waals surface area contributed by atoms with Crippen molar-refractivity contribution in [1.29, 1.82) is 0 Å². The molecule has 23 heavy (non-hydrogen) atoms. The maximum absolute atomic E-state index is 12.0. The largest absolute Gasteiger partial charge is 0.356 e. The number of benzene rings is 3. The first kappa shape index (κ1) is 15.0. The molecule has 2 heteroatoms. The summed E-state index contributed by atoms with van der Waals surface area (Å²) in [6.45, 7) is 2.07. The van der Waals surface area contributed by atoms with Gasteiger partial charge in [-0.1, -0.05) is 66.7 Å². The van der Waals surface area contributed by atoms with Gasteiger partial charge in [0.15, 0.2) is 0 Å². The SMILES string of the molecule is CNC(=O)/C=C(\c1ccccc1C)c1cccc2ccccc12. The predicted molar refractivity (Wildman–Crippen MR) is 96.3 cm³/mol. The molecule has 0 aliphatic rings. The Balaban J connectivity index is 2.29. The molecule has 0 aliphatic heterocycles. The summed E-state index contributed by atoms with van der Waals surface area (Å²) in [5.74, 6) is -0.101. The van der Waals surface area contributed by atoms with E-state index in [1.165, 1.54) is 5.39 Å². The molecule has 0 aliphatic carbocycles. The van der Waals surface area contributed by atoms with Crippen molar-refractivity contribution in [2.24, 2.45) is 0 Å². The number of rotatable bonds is 3. The minimum atomic E-state index is -0.101. The van der Waals surface area contributed by atoms with E-state index in [9.17, 15) is 4.79 Å². The summed E-state index contributed by atoms with van der Waals surface area (Å²) in [5.41, 5.74) is 4.24. The molecule has 3 rings (SSSR count). The summed E-state index contributed by atoms with van der Waals surface area (Å²) >= 11 is 0. The topological polar surface area (TPSA) is 29.1 Å². The van der Waals surface area contributed by atoms with Crippen molar-refractivity contribution in [3.05, 3.63) is 89.5 Å². The number of likely N-dealkylation sites (N-methyl/N-ethyl adjacent to an activating group) is 1. The van der Waals surface area contributed by atoms with Crippen molar-refractivity contribution < 1.29 is 4.79 Å². The van der Waals surface area contributed by atoms with Crippen LogP contribution in [0.2, 0.25) is 0 Å². The summed E-state index contributed by atoms with van der Waals surface area (Å²) < 4.78 is 0. The maximum atomic E-state index is 12.0. The van der Waals surface area contributed by atoms with Gasteiger partial charge in [-0.15, -0.1) is 0 Å². The second-order valence-corrected chi connectivity index (χ2v) is 5.51. The van der Waals surface area contributed by atoms with Gasteiger partial charge in [0.25, 0.3) is 0 Å². The van der Waals surface area contributed by atoms with Gasteiger partial charge < -0.3 is 5.32 Å². The van der Waals surface area contributed by atoms with Gasteiger partial charge in [0.2, 0.25) is 5.91 Å². The van der Waals surface area contributed by atoms with E-state index in [4.69, 9.17) is 0 Å². The average molecular weight is 301 g/mol. The highest BCUT2D eigenvalue weighted by Gasteiger charge is 2.12. The first-order valence-corrected chi connectivity index (χ1v) is 7.68. The molecule has 3 aromatic carbocycles. The zero-order chi connectivity index (χ0) is 16.2. The molecule has 0 fully saturated rings. The first-order chi connectivity index (χ1) is 11.2. The lowest BCUT2D eigenvalue weighted by Crippen LogP contribution is -2.15. The minimum Gasteiger partial charge on any atom is -0.356 e. The Morgan fingerprint density at radius 2 is 1.52 bits per heavy atom. The third-order valence-electron chi connectivity index (χ3n) is 4.04. The van der Waals surface area contributed by atoms with Crippen LogP contribution < -0.4 is 5.32 Å². The average Bonchev–Trinajstić information content (AvgIpc) is 2.60. The number of carbonyl (C=O) groups is 1. The van der Waals surface area contributed by atoms with Crippen molar-refractivity contribution >= 4 is 22.3 Å². The van der Waals surface area contributed by atoms with Crippen LogP contribution >= 0.6 is 0 Å². The van der Waals surface area contributed by atoms with Gasteiger partial charge in [-0.2, -0.15) is 0 Å². The molecule has 0 unspecified atom stereocenters. The van der Waals surface area contributed by atoms with Crippen LogP contribution in [0.25, 0.3) is 16.3 Å². The molecule has 0 saturated heterocycles. The van der Waals surface area contributed by atoms with Gasteiger partial charge in [-0.25, -0.2) is 0 Å². The third-order valence-corrected chi connectivity index (χ3v) is 4.04. The maximum Gasteiger partial charge on any atom is 0.244 e. The fourth-order valence-electron chi connectivity index (χ4n) is 2.84. The number of nitrogens with one attached hydrogen (secondary N) is 1. The predicted octanol–water partition coefficient (Wildman–Crippen LogP) is 4.33. The lowest BCUT2D eigenvalue weighted by atomic mass is 9.90. The lowest BCUT2D eigenvalue weighted by Gasteiger charge is -2.14. The molecular weight excluding hydrogens is 282 g/mol. The summed E-state index contributed by atoms with van der Waals surface area (Å²) in [5, 5.41) is 5.00. The molecule has 0 aromatic heterocycles. The molecule has 1 N–H and O–H groups in total. The molecule has 0 spiro atoms. The Kier molecular flexibility index (Phi) is 4.24. The van der Waals surface area contributed by atoms with Crippen LogP contribution in [0.15, 0.2) is 72.8 Å². The summed E-state index contributed by atoms with van der Waals surface area (Å²) in [6, 6.07) is 22.6. The zero-order valence-electron chi connectivity index (χ0n) is 13.3. The summed E-state index contributed by atoms with van der Waals surface area (Å²) in [7, 11) is 1.65. The van der Waals surface area contributed by atoms with Crippen LogP contribution in [-0.2, 0) is 4.79 Å². The Morgan fingerprint density at radius 1 is 0.870 bits per heavy atom. The standard InChI is InChI=1S/C21H19NO/c1-15-8-3-5-11-17(15)20(14-21(23)22-2)19-13-7-10-16-9-4-6-12-18(16)19/h3-14H,1-2H3,(H,22,23)/b20-14+. The van der Waals surface area contributed by atoms with Crippen LogP contribution in [0.4, 0.5) is 0 Å². The quantitative estimate of drug-likeness (QED) is 0.717. The van der Waals surface area contributed by atoms with E-state index in [2.05, 4.69) is 48.6 Å².